The largest absolute Gasteiger partial charge is 0.444 e. The van der Waals surface area contributed by atoms with Crippen LogP contribution in [0.1, 0.15) is 44.0 Å². The fraction of sp³-hybridized carbons (Fsp3) is 0.316. The molecule has 2 rings (SSSR count). The minimum absolute atomic E-state index is 0.389. The smallest absolute Gasteiger partial charge is 0.408 e. The molecule has 0 heterocycles. The molecule has 0 radical (unpaired) electrons. The van der Waals surface area contributed by atoms with Gasteiger partial charge < -0.3 is 10.1 Å². The van der Waals surface area contributed by atoms with Crippen molar-refractivity contribution >= 4 is 22.0 Å². The van der Waals surface area contributed by atoms with E-state index < -0.39 is 23.8 Å². The minimum atomic E-state index is -1.15. The van der Waals surface area contributed by atoms with E-state index in [0.717, 1.165) is 4.47 Å². The number of benzene rings is 2. The number of hydrogen-bond donors (Lipinski definition) is 1. The van der Waals surface area contributed by atoms with Crippen LogP contribution in [0.3, 0.4) is 0 Å². The standard InChI is InChI=1S/C19H21BrN2O4/c1-19(2,3)26-18(23)21-16(13-9-11-15(20)12-10-13)17(22(24)25)14-7-5-4-6-8-14/h4-12,16-17H,1-3H3,(H,21,23)/t16-,17+/m0/s1. The Labute approximate surface area is 160 Å². The van der Waals surface area contributed by atoms with E-state index in [1.165, 1.54) is 0 Å². The van der Waals surface area contributed by atoms with Crippen LogP contribution in [-0.4, -0.2) is 16.6 Å². The molecule has 1 amide bonds. The molecular weight excluding hydrogens is 400 g/mol. The Morgan fingerprint density at radius 1 is 1.08 bits per heavy atom. The second-order valence-electron chi connectivity index (χ2n) is 6.82. The van der Waals surface area contributed by atoms with E-state index in [0.29, 0.717) is 11.1 Å². The van der Waals surface area contributed by atoms with Crippen LogP contribution < -0.4 is 5.32 Å². The van der Waals surface area contributed by atoms with Crippen LogP contribution in [0, 0.1) is 10.1 Å². The van der Waals surface area contributed by atoms with Crippen LogP contribution >= 0.6 is 15.9 Å². The van der Waals surface area contributed by atoms with Crippen molar-refractivity contribution in [2.24, 2.45) is 0 Å². The lowest BCUT2D eigenvalue weighted by molar-refractivity contribution is -0.534. The molecule has 0 aromatic heterocycles. The van der Waals surface area contributed by atoms with Crippen molar-refractivity contribution in [1.82, 2.24) is 5.32 Å². The van der Waals surface area contributed by atoms with Crippen molar-refractivity contribution in [2.75, 3.05) is 0 Å². The summed E-state index contributed by atoms with van der Waals surface area (Å²) in [4.78, 5) is 23.8. The van der Waals surface area contributed by atoms with Gasteiger partial charge in [-0.2, -0.15) is 0 Å². The fourth-order valence-corrected chi connectivity index (χ4v) is 2.80. The first-order valence-corrected chi connectivity index (χ1v) is 8.90. The van der Waals surface area contributed by atoms with Crippen LogP contribution in [0.4, 0.5) is 4.79 Å². The van der Waals surface area contributed by atoms with Crippen LogP contribution in [-0.2, 0) is 4.74 Å². The maximum absolute atomic E-state index is 12.3. The molecule has 0 fully saturated rings. The van der Waals surface area contributed by atoms with Gasteiger partial charge in [0.15, 0.2) is 0 Å². The van der Waals surface area contributed by atoms with Crippen LogP contribution in [0.2, 0.25) is 0 Å². The van der Waals surface area contributed by atoms with Crippen LogP contribution in [0.5, 0.6) is 0 Å². The highest BCUT2D eigenvalue weighted by atomic mass is 79.9. The highest BCUT2D eigenvalue weighted by Crippen LogP contribution is 2.32. The van der Waals surface area contributed by atoms with Crippen LogP contribution in [0.25, 0.3) is 0 Å². The van der Waals surface area contributed by atoms with E-state index in [9.17, 15) is 14.9 Å². The highest BCUT2D eigenvalue weighted by molar-refractivity contribution is 9.10. The third-order valence-electron chi connectivity index (χ3n) is 3.59. The van der Waals surface area contributed by atoms with Gasteiger partial charge in [-0.25, -0.2) is 4.79 Å². The molecule has 1 N–H and O–H groups in total. The molecule has 6 nitrogen and oxygen atoms in total. The van der Waals surface area contributed by atoms with E-state index in [-0.39, 0.29) is 4.92 Å². The molecule has 0 unspecified atom stereocenters. The average molecular weight is 421 g/mol. The Morgan fingerprint density at radius 2 is 1.65 bits per heavy atom. The topological polar surface area (TPSA) is 81.5 Å². The maximum atomic E-state index is 12.3. The Morgan fingerprint density at radius 3 is 2.15 bits per heavy atom. The Balaban J connectivity index is 2.42. The van der Waals surface area contributed by atoms with Gasteiger partial charge in [-0.05, 0) is 38.5 Å². The Hall–Kier alpha value is -2.41. The van der Waals surface area contributed by atoms with Crippen molar-refractivity contribution in [3.05, 3.63) is 80.3 Å². The first kappa shape index (κ1) is 19.9. The highest BCUT2D eigenvalue weighted by Gasteiger charge is 2.36. The molecule has 2 aromatic carbocycles. The second kappa shape index (κ2) is 8.31. The predicted octanol–water partition coefficient (Wildman–Crippen LogP) is 5.03. The van der Waals surface area contributed by atoms with Crippen molar-refractivity contribution in [3.63, 3.8) is 0 Å². The molecule has 0 saturated carbocycles. The van der Waals surface area contributed by atoms with E-state index in [1.807, 2.05) is 0 Å². The number of rotatable bonds is 5. The van der Waals surface area contributed by atoms with E-state index in [4.69, 9.17) is 4.74 Å². The number of alkyl carbamates (subject to hydrolysis) is 1. The third kappa shape index (κ3) is 5.56. The molecule has 0 saturated heterocycles. The lowest BCUT2D eigenvalue weighted by Crippen LogP contribution is -2.39. The minimum Gasteiger partial charge on any atom is -0.444 e. The number of hydrogen-bond acceptors (Lipinski definition) is 4. The number of halogens is 1. The number of ether oxygens (including phenoxy) is 1. The van der Waals surface area contributed by atoms with Crippen molar-refractivity contribution in [2.45, 2.75) is 38.5 Å². The van der Waals surface area contributed by atoms with E-state index >= 15 is 0 Å². The summed E-state index contributed by atoms with van der Waals surface area (Å²) in [6, 6.07) is 13.6. The fourth-order valence-electron chi connectivity index (χ4n) is 2.54. The zero-order valence-electron chi connectivity index (χ0n) is 14.8. The van der Waals surface area contributed by atoms with Gasteiger partial charge in [-0.1, -0.05) is 58.4 Å². The Bertz CT molecular complexity index is 757. The predicted molar refractivity (Wildman–Crippen MR) is 102 cm³/mol. The van der Waals surface area contributed by atoms with Crippen molar-refractivity contribution < 1.29 is 14.5 Å². The third-order valence-corrected chi connectivity index (χ3v) is 4.11. The molecule has 26 heavy (non-hydrogen) atoms. The van der Waals surface area contributed by atoms with Gasteiger partial charge in [0.1, 0.15) is 11.6 Å². The van der Waals surface area contributed by atoms with Gasteiger partial charge in [0.05, 0.1) is 0 Å². The zero-order chi connectivity index (χ0) is 19.3. The van der Waals surface area contributed by atoms with Gasteiger partial charge in [-0.3, -0.25) is 10.1 Å². The summed E-state index contributed by atoms with van der Waals surface area (Å²) in [6.07, 6.45) is -0.701. The molecule has 138 valence electrons. The molecular formula is C19H21BrN2O4. The van der Waals surface area contributed by atoms with Gasteiger partial charge >= 0.3 is 6.09 Å². The monoisotopic (exact) mass is 420 g/mol. The van der Waals surface area contributed by atoms with Crippen molar-refractivity contribution in [3.8, 4) is 0 Å². The summed E-state index contributed by atoms with van der Waals surface area (Å²) in [7, 11) is 0. The molecule has 0 aliphatic rings. The van der Waals surface area contributed by atoms with Crippen molar-refractivity contribution in [1.29, 1.82) is 0 Å². The molecule has 0 bridgehead atoms. The SMILES string of the molecule is CC(C)(C)OC(=O)N[C@@H](c1ccc(Br)cc1)[C@@H](c1ccccc1)[N+](=O)[O-]. The summed E-state index contributed by atoms with van der Waals surface area (Å²) in [5.74, 6) is 0. The molecule has 7 heteroatoms. The van der Waals surface area contributed by atoms with Gasteiger partial charge in [0.2, 0.25) is 0 Å². The van der Waals surface area contributed by atoms with Gasteiger partial charge in [0.25, 0.3) is 6.04 Å². The summed E-state index contributed by atoms with van der Waals surface area (Å²) in [5.41, 5.74) is 0.414. The number of nitro groups is 1. The zero-order valence-corrected chi connectivity index (χ0v) is 16.4. The van der Waals surface area contributed by atoms with Crippen LogP contribution in [0.15, 0.2) is 59.1 Å². The number of carbonyl (C=O) groups excluding carboxylic acids is 1. The molecule has 2 atom stereocenters. The second-order valence-corrected chi connectivity index (χ2v) is 7.73. The number of nitrogens with one attached hydrogen (secondary N) is 1. The number of amides is 1. The summed E-state index contributed by atoms with van der Waals surface area (Å²) in [5, 5.41) is 14.5. The maximum Gasteiger partial charge on any atom is 0.408 e. The summed E-state index contributed by atoms with van der Waals surface area (Å²) >= 11 is 3.35. The first-order chi connectivity index (χ1) is 12.2. The Kier molecular flexibility index (Phi) is 6.37. The van der Waals surface area contributed by atoms with E-state index in [2.05, 4.69) is 21.2 Å². The molecule has 0 aliphatic heterocycles. The number of nitrogens with zero attached hydrogens (tertiary/aromatic N) is 1. The summed E-state index contributed by atoms with van der Waals surface area (Å²) in [6.45, 7) is 5.22. The normalized spacial score (nSPS) is 13.5. The first-order valence-electron chi connectivity index (χ1n) is 8.11. The number of carbonyl (C=O) groups is 1. The lowest BCUT2D eigenvalue weighted by Gasteiger charge is -2.26. The average Bonchev–Trinajstić information content (AvgIpc) is 2.54. The lowest BCUT2D eigenvalue weighted by atomic mass is 9.94. The summed E-state index contributed by atoms with van der Waals surface area (Å²) < 4.78 is 6.14. The quantitative estimate of drug-likeness (QED) is 0.542. The molecule has 2 aromatic rings. The molecule has 0 spiro atoms. The van der Waals surface area contributed by atoms with E-state index in [1.54, 1.807) is 75.4 Å². The van der Waals surface area contributed by atoms with Gasteiger partial charge in [-0.15, -0.1) is 0 Å². The molecule has 0 aliphatic carbocycles. The van der Waals surface area contributed by atoms with Gasteiger partial charge in [0, 0.05) is 15.0 Å².